The van der Waals surface area contributed by atoms with Crippen LogP contribution in [-0.4, -0.2) is 31.2 Å². The summed E-state index contributed by atoms with van der Waals surface area (Å²) in [5.74, 6) is 0.646. The fraction of sp³-hybridized carbons (Fsp3) is 0.900. The fourth-order valence-electron chi connectivity index (χ4n) is 1.55. The van der Waals surface area contributed by atoms with Gasteiger partial charge < -0.3 is 14.6 Å². The molecule has 0 spiro atoms. The lowest BCUT2D eigenvalue weighted by Gasteiger charge is -2.17. The van der Waals surface area contributed by atoms with Gasteiger partial charge in [0.1, 0.15) is 5.78 Å². The SMILES string of the molecule is COCC(C)CC(CO)CC(C)=O. The van der Waals surface area contributed by atoms with Crippen molar-refractivity contribution in [1.82, 2.24) is 0 Å². The van der Waals surface area contributed by atoms with Gasteiger partial charge in [-0.3, -0.25) is 0 Å². The summed E-state index contributed by atoms with van der Waals surface area (Å²) in [6, 6.07) is 0. The molecule has 0 amide bonds. The summed E-state index contributed by atoms with van der Waals surface area (Å²) in [6.45, 7) is 4.40. The Labute approximate surface area is 80.1 Å². The first kappa shape index (κ1) is 12.6. The number of rotatable bonds is 7. The van der Waals surface area contributed by atoms with E-state index in [2.05, 4.69) is 6.92 Å². The quantitative estimate of drug-likeness (QED) is 0.654. The van der Waals surface area contributed by atoms with Crippen molar-refractivity contribution < 1.29 is 14.6 Å². The third-order valence-corrected chi connectivity index (χ3v) is 2.02. The Morgan fingerprint density at radius 2 is 2.15 bits per heavy atom. The third kappa shape index (κ3) is 6.72. The Morgan fingerprint density at radius 3 is 2.54 bits per heavy atom. The van der Waals surface area contributed by atoms with E-state index in [1.165, 1.54) is 0 Å². The van der Waals surface area contributed by atoms with Gasteiger partial charge in [0.2, 0.25) is 0 Å². The van der Waals surface area contributed by atoms with Gasteiger partial charge in [-0.05, 0) is 25.2 Å². The van der Waals surface area contributed by atoms with Gasteiger partial charge in [0, 0.05) is 26.7 Å². The van der Waals surface area contributed by atoms with E-state index in [9.17, 15) is 4.79 Å². The molecule has 0 rings (SSSR count). The molecule has 0 saturated carbocycles. The maximum absolute atomic E-state index is 10.8. The molecule has 0 bridgehead atoms. The molecule has 0 saturated heterocycles. The van der Waals surface area contributed by atoms with Crippen LogP contribution in [0.2, 0.25) is 0 Å². The predicted octanol–water partition coefficient (Wildman–Crippen LogP) is 1.25. The molecule has 3 nitrogen and oxygen atoms in total. The van der Waals surface area contributed by atoms with Crippen molar-refractivity contribution in [1.29, 1.82) is 0 Å². The average molecular weight is 188 g/mol. The van der Waals surface area contributed by atoms with Gasteiger partial charge in [0.25, 0.3) is 0 Å². The van der Waals surface area contributed by atoms with E-state index in [-0.39, 0.29) is 18.3 Å². The number of aliphatic hydroxyl groups excluding tert-OH is 1. The number of hydrogen-bond acceptors (Lipinski definition) is 3. The number of ether oxygens (including phenoxy) is 1. The number of carbonyl (C=O) groups is 1. The zero-order valence-corrected chi connectivity index (χ0v) is 8.75. The Balaban J connectivity index is 3.75. The highest BCUT2D eigenvalue weighted by Crippen LogP contribution is 2.15. The average Bonchev–Trinajstić information content (AvgIpc) is 2.02. The van der Waals surface area contributed by atoms with E-state index < -0.39 is 0 Å². The maximum atomic E-state index is 10.8. The van der Waals surface area contributed by atoms with Crippen LogP contribution in [0, 0.1) is 11.8 Å². The minimum absolute atomic E-state index is 0.0909. The van der Waals surface area contributed by atoms with Gasteiger partial charge in [-0.25, -0.2) is 0 Å². The lowest BCUT2D eigenvalue weighted by Crippen LogP contribution is -2.16. The molecule has 0 aromatic carbocycles. The van der Waals surface area contributed by atoms with Gasteiger partial charge in [-0.2, -0.15) is 0 Å². The van der Waals surface area contributed by atoms with Gasteiger partial charge >= 0.3 is 0 Å². The summed E-state index contributed by atoms with van der Waals surface area (Å²) in [5.41, 5.74) is 0. The molecule has 78 valence electrons. The molecule has 0 aliphatic heterocycles. The van der Waals surface area contributed by atoms with Crippen molar-refractivity contribution in [2.45, 2.75) is 26.7 Å². The highest BCUT2D eigenvalue weighted by molar-refractivity contribution is 5.75. The number of hydrogen-bond donors (Lipinski definition) is 1. The van der Waals surface area contributed by atoms with E-state index in [0.717, 1.165) is 6.42 Å². The van der Waals surface area contributed by atoms with Crippen molar-refractivity contribution in [3.8, 4) is 0 Å². The first-order chi connectivity index (χ1) is 6.10. The molecule has 0 heterocycles. The molecule has 0 aliphatic carbocycles. The van der Waals surface area contributed by atoms with E-state index in [4.69, 9.17) is 9.84 Å². The summed E-state index contributed by atoms with van der Waals surface area (Å²) in [4.78, 5) is 10.8. The Kier molecular flexibility index (Phi) is 6.82. The molecule has 13 heavy (non-hydrogen) atoms. The zero-order valence-electron chi connectivity index (χ0n) is 8.75. The molecule has 2 atom stereocenters. The third-order valence-electron chi connectivity index (χ3n) is 2.02. The van der Waals surface area contributed by atoms with Crippen LogP contribution in [-0.2, 0) is 9.53 Å². The largest absolute Gasteiger partial charge is 0.396 e. The standard InChI is InChI=1S/C10H20O3/c1-8(7-13-3)4-10(6-11)5-9(2)12/h8,10-11H,4-7H2,1-3H3. The molecular weight excluding hydrogens is 168 g/mol. The van der Waals surface area contributed by atoms with Gasteiger partial charge in [-0.1, -0.05) is 6.92 Å². The second kappa shape index (κ2) is 7.04. The van der Waals surface area contributed by atoms with E-state index in [1.54, 1.807) is 14.0 Å². The fourth-order valence-corrected chi connectivity index (χ4v) is 1.55. The molecule has 0 aromatic heterocycles. The summed E-state index contributed by atoms with van der Waals surface area (Å²) in [7, 11) is 1.66. The summed E-state index contributed by atoms with van der Waals surface area (Å²) in [6.07, 6.45) is 1.33. The molecule has 1 N–H and O–H groups in total. The van der Waals surface area contributed by atoms with Crippen LogP contribution >= 0.6 is 0 Å². The van der Waals surface area contributed by atoms with Crippen LogP contribution < -0.4 is 0 Å². The van der Waals surface area contributed by atoms with Gasteiger partial charge in [0.05, 0.1) is 0 Å². The monoisotopic (exact) mass is 188 g/mol. The van der Waals surface area contributed by atoms with Crippen LogP contribution in [0.1, 0.15) is 26.7 Å². The van der Waals surface area contributed by atoms with Crippen molar-refractivity contribution in [3.05, 3.63) is 0 Å². The molecule has 0 aliphatic rings. The highest BCUT2D eigenvalue weighted by Gasteiger charge is 2.14. The Bertz CT molecular complexity index is 145. The van der Waals surface area contributed by atoms with Crippen LogP contribution in [0.3, 0.4) is 0 Å². The Hall–Kier alpha value is -0.410. The predicted molar refractivity (Wildman–Crippen MR) is 51.5 cm³/mol. The van der Waals surface area contributed by atoms with Crippen LogP contribution in [0.5, 0.6) is 0 Å². The molecule has 0 fully saturated rings. The first-order valence-electron chi connectivity index (χ1n) is 4.69. The van der Waals surface area contributed by atoms with E-state index in [1.807, 2.05) is 0 Å². The normalized spacial score (nSPS) is 15.4. The lowest BCUT2D eigenvalue weighted by atomic mass is 9.93. The summed E-state index contributed by atoms with van der Waals surface area (Å²) >= 11 is 0. The highest BCUT2D eigenvalue weighted by atomic mass is 16.5. The smallest absolute Gasteiger partial charge is 0.130 e. The molecule has 2 unspecified atom stereocenters. The molecule has 3 heteroatoms. The number of ketones is 1. The zero-order chi connectivity index (χ0) is 10.3. The van der Waals surface area contributed by atoms with Crippen LogP contribution in [0.25, 0.3) is 0 Å². The van der Waals surface area contributed by atoms with Crippen molar-refractivity contribution in [3.63, 3.8) is 0 Å². The second-order valence-corrected chi connectivity index (χ2v) is 3.75. The molecular formula is C10H20O3. The van der Waals surface area contributed by atoms with Crippen LogP contribution in [0.4, 0.5) is 0 Å². The first-order valence-corrected chi connectivity index (χ1v) is 4.69. The van der Waals surface area contributed by atoms with Crippen molar-refractivity contribution >= 4 is 5.78 Å². The number of aliphatic hydroxyl groups is 1. The van der Waals surface area contributed by atoms with Crippen molar-refractivity contribution in [2.24, 2.45) is 11.8 Å². The Morgan fingerprint density at radius 1 is 1.54 bits per heavy atom. The maximum Gasteiger partial charge on any atom is 0.130 e. The second-order valence-electron chi connectivity index (χ2n) is 3.75. The minimum atomic E-state index is 0.0909. The van der Waals surface area contributed by atoms with Gasteiger partial charge in [-0.15, -0.1) is 0 Å². The summed E-state index contributed by atoms with van der Waals surface area (Å²) < 4.78 is 4.99. The van der Waals surface area contributed by atoms with Crippen LogP contribution in [0.15, 0.2) is 0 Å². The summed E-state index contributed by atoms with van der Waals surface area (Å²) in [5, 5.41) is 9.00. The molecule has 0 aromatic rings. The van der Waals surface area contributed by atoms with Gasteiger partial charge in [0.15, 0.2) is 0 Å². The topological polar surface area (TPSA) is 46.5 Å². The number of Topliss-reactive ketones (excluding diaryl/α,β-unsaturated/α-hetero) is 1. The van der Waals surface area contributed by atoms with E-state index >= 15 is 0 Å². The lowest BCUT2D eigenvalue weighted by molar-refractivity contribution is -0.118. The molecule has 0 radical (unpaired) electrons. The van der Waals surface area contributed by atoms with E-state index in [0.29, 0.717) is 18.9 Å². The number of methoxy groups -OCH3 is 1. The minimum Gasteiger partial charge on any atom is -0.396 e. The van der Waals surface area contributed by atoms with Crippen molar-refractivity contribution in [2.75, 3.05) is 20.3 Å². The number of carbonyl (C=O) groups excluding carboxylic acids is 1.